The molecule has 0 aliphatic heterocycles. The normalized spacial score (nSPS) is 12.5. The molecule has 2 N–H and O–H groups in total. The number of anilines is 1. The van der Waals surface area contributed by atoms with Crippen molar-refractivity contribution < 1.29 is 5.11 Å². The highest BCUT2D eigenvalue weighted by Crippen LogP contribution is 2.29. The van der Waals surface area contributed by atoms with E-state index in [1.807, 2.05) is 30.8 Å². The average molecular weight is 294 g/mol. The van der Waals surface area contributed by atoms with E-state index in [9.17, 15) is 5.11 Å². The van der Waals surface area contributed by atoms with Crippen LogP contribution < -0.4 is 5.32 Å². The molecular weight excluding hydrogens is 274 g/mol. The maximum absolute atomic E-state index is 9.21. The Morgan fingerprint density at radius 2 is 2.10 bits per heavy atom. The predicted molar refractivity (Wildman–Crippen MR) is 82.1 cm³/mol. The lowest BCUT2D eigenvalue weighted by Gasteiger charge is -2.18. The van der Waals surface area contributed by atoms with E-state index >= 15 is 0 Å². The molecule has 1 aromatic heterocycles. The summed E-state index contributed by atoms with van der Waals surface area (Å²) in [5, 5.41) is 17.7. The van der Waals surface area contributed by atoms with Crippen LogP contribution in [0.25, 0.3) is 0 Å². The van der Waals surface area contributed by atoms with Gasteiger partial charge < -0.3 is 10.4 Å². The molecule has 0 spiro atoms. The number of rotatable bonds is 4. The van der Waals surface area contributed by atoms with Gasteiger partial charge in [0.2, 0.25) is 0 Å². The number of hydrogen-bond donors (Lipinski definition) is 2. The standard InChI is InChI=1S/C15H20ClN3O/c1-9(15-10(2)18-19(4)11(15)3)17-14-7-12(8-20)5-6-13(14)16/h5-7,9,17,20H,8H2,1-4H3. The van der Waals surface area contributed by atoms with Gasteiger partial charge in [-0.25, -0.2) is 0 Å². The number of aromatic nitrogens is 2. The van der Waals surface area contributed by atoms with Crippen molar-refractivity contribution in [2.75, 3.05) is 5.32 Å². The van der Waals surface area contributed by atoms with Crippen LogP contribution >= 0.6 is 11.6 Å². The zero-order valence-electron chi connectivity index (χ0n) is 12.2. The Labute approximate surface area is 124 Å². The van der Waals surface area contributed by atoms with Crippen LogP contribution in [0.15, 0.2) is 18.2 Å². The Balaban J connectivity index is 2.29. The third-order valence-electron chi connectivity index (χ3n) is 3.58. The number of aliphatic hydroxyl groups is 1. The highest BCUT2D eigenvalue weighted by molar-refractivity contribution is 6.33. The Morgan fingerprint density at radius 3 is 2.65 bits per heavy atom. The smallest absolute Gasteiger partial charge is 0.0682 e. The van der Waals surface area contributed by atoms with Crippen LogP contribution in [0.4, 0.5) is 5.69 Å². The molecule has 20 heavy (non-hydrogen) atoms. The number of aryl methyl sites for hydroxylation is 2. The van der Waals surface area contributed by atoms with Crippen molar-refractivity contribution in [1.29, 1.82) is 0 Å². The molecule has 4 nitrogen and oxygen atoms in total. The summed E-state index contributed by atoms with van der Waals surface area (Å²) in [6.45, 7) is 6.15. The van der Waals surface area contributed by atoms with Crippen molar-refractivity contribution >= 4 is 17.3 Å². The van der Waals surface area contributed by atoms with Gasteiger partial charge in [0, 0.05) is 18.3 Å². The van der Waals surface area contributed by atoms with Crippen LogP contribution in [0.2, 0.25) is 5.02 Å². The molecule has 0 aliphatic carbocycles. The summed E-state index contributed by atoms with van der Waals surface area (Å²) in [4.78, 5) is 0. The van der Waals surface area contributed by atoms with Gasteiger partial charge in [-0.15, -0.1) is 0 Å². The fourth-order valence-electron chi connectivity index (χ4n) is 2.50. The third kappa shape index (κ3) is 2.81. The second kappa shape index (κ2) is 5.85. The zero-order valence-corrected chi connectivity index (χ0v) is 13.0. The van der Waals surface area contributed by atoms with Crippen molar-refractivity contribution in [2.45, 2.75) is 33.4 Å². The maximum atomic E-state index is 9.21. The topological polar surface area (TPSA) is 50.1 Å². The molecule has 5 heteroatoms. The number of aliphatic hydroxyl groups excluding tert-OH is 1. The average Bonchev–Trinajstić information content (AvgIpc) is 2.66. The lowest BCUT2D eigenvalue weighted by molar-refractivity contribution is 0.282. The van der Waals surface area contributed by atoms with Crippen LogP contribution in [-0.4, -0.2) is 14.9 Å². The monoisotopic (exact) mass is 293 g/mol. The molecule has 1 atom stereocenters. The molecule has 2 rings (SSSR count). The molecular formula is C15H20ClN3O. The van der Waals surface area contributed by atoms with Crippen molar-refractivity contribution in [3.8, 4) is 0 Å². The van der Waals surface area contributed by atoms with E-state index in [0.29, 0.717) is 5.02 Å². The molecule has 1 aromatic carbocycles. The van der Waals surface area contributed by atoms with Crippen molar-refractivity contribution in [2.24, 2.45) is 7.05 Å². The Hall–Kier alpha value is -1.52. The van der Waals surface area contributed by atoms with Crippen molar-refractivity contribution in [1.82, 2.24) is 9.78 Å². The van der Waals surface area contributed by atoms with Crippen LogP contribution in [0, 0.1) is 13.8 Å². The molecule has 0 fully saturated rings. The van der Waals surface area contributed by atoms with Gasteiger partial charge in [-0.2, -0.15) is 5.10 Å². The minimum atomic E-state index is 0.00514. The van der Waals surface area contributed by atoms with Crippen LogP contribution in [0.3, 0.4) is 0 Å². The molecule has 2 aromatic rings. The predicted octanol–water partition coefficient (Wildman–Crippen LogP) is 3.36. The summed E-state index contributed by atoms with van der Waals surface area (Å²) in [5.74, 6) is 0. The highest BCUT2D eigenvalue weighted by Gasteiger charge is 2.17. The van der Waals surface area contributed by atoms with Gasteiger partial charge >= 0.3 is 0 Å². The van der Waals surface area contributed by atoms with Gasteiger partial charge in [0.05, 0.1) is 29.1 Å². The Bertz CT molecular complexity index is 622. The fraction of sp³-hybridized carbons (Fsp3) is 0.400. The largest absolute Gasteiger partial charge is 0.392 e. The summed E-state index contributed by atoms with van der Waals surface area (Å²) < 4.78 is 1.88. The first-order valence-corrected chi connectivity index (χ1v) is 6.97. The second-order valence-electron chi connectivity index (χ2n) is 5.05. The molecule has 0 aliphatic rings. The first kappa shape index (κ1) is 14.9. The van der Waals surface area contributed by atoms with E-state index in [0.717, 1.165) is 22.6 Å². The molecule has 0 saturated carbocycles. The molecule has 0 bridgehead atoms. The van der Waals surface area contributed by atoms with E-state index in [1.165, 1.54) is 5.56 Å². The summed E-state index contributed by atoms with van der Waals surface area (Å²) in [5.41, 5.74) is 4.99. The first-order valence-electron chi connectivity index (χ1n) is 6.60. The van der Waals surface area contributed by atoms with E-state index in [2.05, 4.69) is 24.3 Å². The van der Waals surface area contributed by atoms with Gasteiger partial charge in [0.25, 0.3) is 0 Å². The quantitative estimate of drug-likeness (QED) is 0.909. The summed E-state index contributed by atoms with van der Waals surface area (Å²) in [6, 6.07) is 5.58. The lowest BCUT2D eigenvalue weighted by atomic mass is 10.1. The first-order chi connectivity index (χ1) is 9.43. The highest BCUT2D eigenvalue weighted by atomic mass is 35.5. The Kier molecular flexibility index (Phi) is 4.35. The molecule has 0 radical (unpaired) electrons. The van der Waals surface area contributed by atoms with E-state index < -0.39 is 0 Å². The summed E-state index contributed by atoms with van der Waals surface area (Å²) in [7, 11) is 1.94. The number of nitrogens with zero attached hydrogens (tertiary/aromatic N) is 2. The molecule has 0 amide bonds. The molecule has 0 saturated heterocycles. The SMILES string of the molecule is Cc1nn(C)c(C)c1C(C)Nc1cc(CO)ccc1Cl. The number of benzene rings is 1. The lowest BCUT2D eigenvalue weighted by Crippen LogP contribution is -2.09. The third-order valence-corrected chi connectivity index (χ3v) is 3.91. The number of nitrogens with one attached hydrogen (secondary N) is 1. The van der Waals surface area contributed by atoms with Gasteiger partial charge in [-0.3, -0.25) is 4.68 Å². The number of halogens is 1. The van der Waals surface area contributed by atoms with Gasteiger partial charge in [0.15, 0.2) is 0 Å². The minimum absolute atomic E-state index is 0.00514. The maximum Gasteiger partial charge on any atom is 0.0682 e. The molecule has 108 valence electrons. The van der Waals surface area contributed by atoms with Gasteiger partial charge in [-0.05, 0) is 38.5 Å². The van der Waals surface area contributed by atoms with Crippen LogP contribution in [0.1, 0.15) is 35.5 Å². The summed E-state index contributed by atoms with van der Waals surface area (Å²) in [6.07, 6.45) is 0. The van der Waals surface area contributed by atoms with Crippen molar-refractivity contribution in [3.63, 3.8) is 0 Å². The van der Waals surface area contributed by atoms with Gasteiger partial charge in [0.1, 0.15) is 0 Å². The summed E-state index contributed by atoms with van der Waals surface area (Å²) >= 11 is 6.20. The second-order valence-corrected chi connectivity index (χ2v) is 5.45. The van der Waals surface area contributed by atoms with E-state index in [4.69, 9.17) is 11.6 Å². The van der Waals surface area contributed by atoms with Crippen LogP contribution in [0.5, 0.6) is 0 Å². The molecule has 1 unspecified atom stereocenters. The van der Waals surface area contributed by atoms with Crippen molar-refractivity contribution in [3.05, 3.63) is 45.7 Å². The molecule has 1 heterocycles. The Morgan fingerprint density at radius 1 is 1.40 bits per heavy atom. The van der Waals surface area contributed by atoms with E-state index in [1.54, 1.807) is 6.07 Å². The van der Waals surface area contributed by atoms with Crippen LogP contribution in [-0.2, 0) is 13.7 Å². The zero-order chi connectivity index (χ0) is 14.9. The van der Waals surface area contributed by atoms with E-state index in [-0.39, 0.29) is 12.6 Å². The number of hydrogen-bond acceptors (Lipinski definition) is 3. The van der Waals surface area contributed by atoms with Gasteiger partial charge in [-0.1, -0.05) is 17.7 Å². The fourth-order valence-corrected chi connectivity index (χ4v) is 2.68. The minimum Gasteiger partial charge on any atom is -0.392 e.